The van der Waals surface area contributed by atoms with Crippen molar-refractivity contribution >= 4 is 23.4 Å². The molecule has 3 aliphatic rings. The van der Waals surface area contributed by atoms with E-state index in [2.05, 4.69) is 19.1 Å². The molecule has 4 rings (SSSR count). The Balaban J connectivity index is 1.63. The van der Waals surface area contributed by atoms with Gasteiger partial charge in [0.05, 0.1) is 7.11 Å². The van der Waals surface area contributed by atoms with E-state index in [1.165, 1.54) is 18.2 Å². The Bertz CT molecular complexity index is 743. The zero-order valence-corrected chi connectivity index (χ0v) is 16.3. The second-order valence-corrected chi connectivity index (χ2v) is 9.07. The van der Waals surface area contributed by atoms with Gasteiger partial charge in [-0.2, -0.15) is 0 Å². The molecule has 4 heteroatoms. The van der Waals surface area contributed by atoms with Gasteiger partial charge in [-0.15, -0.1) is 0 Å². The van der Waals surface area contributed by atoms with Gasteiger partial charge in [0.25, 0.3) is 0 Å². The van der Waals surface area contributed by atoms with Crippen LogP contribution in [0.1, 0.15) is 62.5 Å². The highest BCUT2D eigenvalue weighted by Gasteiger charge is 2.58. The topological polar surface area (TPSA) is 43.4 Å². The van der Waals surface area contributed by atoms with E-state index in [9.17, 15) is 9.59 Å². The van der Waals surface area contributed by atoms with Gasteiger partial charge in [0.1, 0.15) is 5.78 Å². The third-order valence-corrected chi connectivity index (χ3v) is 7.71. The molecule has 0 aromatic heterocycles. The van der Waals surface area contributed by atoms with E-state index in [4.69, 9.17) is 16.3 Å². The van der Waals surface area contributed by atoms with Gasteiger partial charge in [0, 0.05) is 23.3 Å². The van der Waals surface area contributed by atoms with Crippen molar-refractivity contribution in [3.8, 4) is 0 Å². The number of hydrogen-bond donors (Lipinski definition) is 0. The smallest absolute Gasteiger partial charge is 0.305 e. The van der Waals surface area contributed by atoms with Crippen molar-refractivity contribution in [2.24, 2.45) is 23.2 Å². The zero-order valence-electron chi connectivity index (χ0n) is 15.6. The zero-order chi connectivity index (χ0) is 18.5. The van der Waals surface area contributed by atoms with Crippen LogP contribution in [-0.2, 0) is 20.7 Å². The van der Waals surface area contributed by atoms with Gasteiger partial charge in [0.2, 0.25) is 0 Å². The fourth-order valence-electron chi connectivity index (χ4n) is 6.28. The van der Waals surface area contributed by atoms with Crippen LogP contribution in [-0.4, -0.2) is 18.9 Å². The number of Topliss-reactive ketones (excluding diaryl/α,β-unsaturated/α-hetero) is 1. The average Bonchev–Trinajstić information content (AvgIpc) is 2.89. The number of carbonyl (C=O) groups is 2. The Labute approximate surface area is 160 Å². The molecule has 2 fully saturated rings. The van der Waals surface area contributed by atoms with E-state index in [0.29, 0.717) is 42.3 Å². The fraction of sp³-hybridized carbons (Fsp3) is 0.636. The lowest BCUT2D eigenvalue weighted by Gasteiger charge is -2.50. The first-order chi connectivity index (χ1) is 12.4. The summed E-state index contributed by atoms with van der Waals surface area (Å²) < 4.78 is 4.83. The van der Waals surface area contributed by atoms with Gasteiger partial charge in [-0.05, 0) is 79.0 Å². The van der Waals surface area contributed by atoms with Gasteiger partial charge in [0.15, 0.2) is 0 Å². The lowest BCUT2D eigenvalue weighted by atomic mass is 9.54. The van der Waals surface area contributed by atoms with Gasteiger partial charge in [-0.1, -0.05) is 24.6 Å². The minimum atomic E-state index is -0.202. The average molecular weight is 375 g/mol. The predicted octanol–water partition coefficient (Wildman–Crippen LogP) is 4.94. The number of hydrogen-bond acceptors (Lipinski definition) is 3. The summed E-state index contributed by atoms with van der Waals surface area (Å²) in [6.07, 6.45) is 6.05. The van der Waals surface area contributed by atoms with Crippen LogP contribution in [0.15, 0.2) is 18.2 Å². The van der Waals surface area contributed by atoms with Crippen LogP contribution >= 0.6 is 11.6 Å². The molecule has 5 atom stereocenters. The minimum Gasteiger partial charge on any atom is -0.469 e. The van der Waals surface area contributed by atoms with Crippen LogP contribution in [0.3, 0.4) is 0 Å². The fourth-order valence-corrected chi connectivity index (χ4v) is 6.48. The van der Waals surface area contributed by atoms with E-state index < -0.39 is 0 Å². The maximum Gasteiger partial charge on any atom is 0.305 e. The summed E-state index contributed by atoms with van der Waals surface area (Å²) in [5.74, 6) is 2.02. The lowest BCUT2D eigenvalue weighted by Crippen LogP contribution is -2.44. The van der Waals surface area contributed by atoms with Gasteiger partial charge in [-0.25, -0.2) is 0 Å². The molecule has 0 spiro atoms. The van der Waals surface area contributed by atoms with E-state index in [-0.39, 0.29) is 11.4 Å². The summed E-state index contributed by atoms with van der Waals surface area (Å²) in [6.45, 7) is 2.19. The minimum absolute atomic E-state index is 0.165. The van der Waals surface area contributed by atoms with E-state index in [1.54, 1.807) is 0 Å². The van der Waals surface area contributed by atoms with E-state index in [0.717, 1.165) is 37.1 Å². The summed E-state index contributed by atoms with van der Waals surface area (Å²) >= 11 is 6.20. The molecule has 0 saturated heterocycles. The van der Waals surface area contributed by atoms with Crippen LogP contribution in [0.5, 0.6) is 0 Å². The first-order valence-electron chi connectivity index (χ1n) is 9.82. The molecule has 3 aliphatic carbocycles. The van der Waals surface area contributed by atoms with Gasteiger partial charge < -0.3 is 4.74 Å². The number of aryl methyl sites for hydroxylation is 1. The van der Waals surface area contributed by atoms with Crippen LogP contribution in [0.25, 0.3) is 0 Å². The maximum atomic E-state index is 12.9. The molecule has 0 bridgehead atoms. The predicted molar refractivity (Wildman–Crippen MR) is 101 cm³/mol. The highest BCUT2D eigenvalue weighted by molar-refractivity contribution is 6.30. The summed E-state index contributed by atoms with van der Waals surface area (Å²) in [7, 11) is 1.44. The largest absolute Gasteiger partial charge is 0.469 e. The molecule has 140 valence electrons. The van der Waals surface area contributed by atoms with Crippen molar-refractivity contribution in [3.63, 3.8) is 0 Å². The number of ketones is 1. The Morgan fingerprint density at radius 1 is 1.35 bits per heavy atom. The quantitative estimate of drug-likeness (QED) is 0.703. The second kappa shape index (κ2) is 6.67. The van der Waals surface area contributed by atoms with Crippen molar-refractivity contribution < 1.29 is 14.3 Å². The number of rotatable bonds is 3. The van der Waals surface area contributed by atoms with Gasteiger partial charge >= 0.3 is 5.97 Å². The molecule has 0 aliphatic heterocycles. The van der Waals surface area contributed by atoms with Gasteiger partial charge in [-0.3, -0.25) is 9.59 Å². The van der Waals surface area contributed by atoms with Crippen LogP contribution < -0.4 is 0 Å². The molecular formula is C22H27ClO3. The third kappa shape index (κ3) is 2.79. The third-order valence-electron chi connectivity index (χ3n) is 7.48. The number of carbonyl (C=O) groups excluding carboxylic acids is 2. The number of halogens is 1. The molecule has 26 heavy (non-hydrogen) atoms. The molecule has 0 heterocycles. The van der Waals surface area contributed by atoms with E-state index in [1.807, 2.05) is 6.07 Å². The number of benzene rings is 1. The highest BCUT2D eigenvalue weighted by atomic mass is 35.5. The lowest BCUT2D eigenvalue weighted by molar-refractivity contribution is -0.141. The molecule has 1 aromatic carbocycles. The van der Waals surface area contributed by atoms with Crippen LogP contribution in [0.2, 0.25) is 5.02 Å². The molecular weight excluding hydrogens is 348 g/mol. The Morgan fingerprint density at radius 3 is 2.92 bits per heavy atom. The molecule has 0 N–H and O–H groups in total. The first kappa shape index (κ1) is 18.0. The van der Waals surface area contributed by atoms with Crippen molar-refractivity contribution in [2.75, 3.05) is 7.11 Å². The molecule has 0 amide bonds. The summed E-state index contributed by atoms with van der Waals surface area (Å²) in [5, 5.41) is 0.815. The SMILES string of the molecule is COC(=O)CC[C@@H]1CC(=O)[C@@]2(C)CC[C@@H]3c4ccc(Cl)cc4CCC3[C@H]12. The molecule has 1 unspecified atom stereocenters. The van der Waals surface area contributed by atoms with Crippen LogP contribution in [0, 0.1) is 23.2 Å². The standard InChI is InChI=1S/C22H27ClO3/c1-22-10-9-17-16-7-5-15(23)11-13(16)3-6-18(17)21(22)14(12-19(22)24)4-8-20(25)26-2/h5,7,11,14,17-18,21H,3-4,6,8-10,12H2,1-2H3/t14-,17-,18?,21+,22-/m1/s1. The second-order valence-electron chi connectivity index (χ2n) is 8.64. The van der Waals surface area contributed by atoms with Crippen molar-refractivity contribution in [1.29, 1.82) is 0 Å². The summed E-state index contributed by atoms with van der Waals surface area (Å²) in [5.41, 5.74) is 2.63. The number of esters is 1. The summed E-state index contributed by atoms with van der Waals surface area (Å²) in [6, 6.07) is 6.33. The number of methoxy groups -OCH3 is 1. The van der Waals surface area contributed by atoms with Crippen LogP contribution in [0.4, 0.5) is 0 Å². The number of fused-ring (bicyclic) bond motifs is 5. The molecule has 0 radical (unpaired) electrons. The van der Waals surface area contributed by atoms with Crippen molar-refractivity contribution in [2.45, 2.75) is 57.8 Å². The molecule has 3 nitrogen and oxygen atoms in total. The summed E-state index contributed by atoms with van der Waals surface area (Å²) in [4.78, 5) is 24.5. The first-order valence-corrected chi connectivity index (χ1v) is 10.2. The number of ether oxygens (including phenoxy) is 1. The highest BCUT2D eigenvalue weighted by Crippen LogP contribution is 2.62. The van der Waals surface area contributed by atoms with E-state index >= 15 is 0 Å². The maximum absolute atomic E-state index is 12.9. The molecule has 1 aromatic rings. The monoisotopic (exact) mass is 374 g/mol. The Hall–Kier alpha value is -1.35. The Morgan fingerprint density at radius 2 is 2.15 bits per heavy atom. The van der Waals surface area contributed by atoms with Crippen molar-refractivity contribution in [3.05, 3.63) is 34.3 Å². The van der Waals surface area contributed by atoms with Crippen molar-refractivity contribution in [1.82, 2.24) is 0 Å². The molecule has 2 saturated carbocycles. The normalized spacial score (nSPS) is 35.4. The Kier molecular flexibility index (Phi) is 4.63.